The van der Waals surface area contributed by atoms with Gasteiger partial charge < -0.3 is 10.1 Å². The molecule has 0 saturated carbocycles. The van der Waals surface area contributed by atoms with Gasteiger partial charge in [0.05, 0.1) is 17.7 Å². The summed E-state index contributed by atoms with van der Waals surface area (Å²) in [5, 5.41) is 11.9. The lowest BCUT2D eigenvalue weighted by Gasteiger charge is -2.27. The van der Waals surface area contributed by atoms with Crippen molar-refractivity contribution < 1.29 is 9.53 Å². The first-order chi connectivity index (χ1) is 11.7. The number of amides is 1. The predicted molar refractivity (Wildman–Crippen MR) is 91.5 cm³/mol. The summed E-state index contributed by atoms with van der Waals surface area (Å²) in [6.45, 7) is 1.74. The van der Waals surface area contributed by atoms with Crippen molar-refractivity contribution in [2.75, 3.05) is 0 Å². The number of hydrogen-bond acceptors (Lipinski definition) is 3. The Kier molecular flexibility index (Phi) is 4.81. The van der Waals surface area contributed by atoms with Gasteiger partial charge in [-0.15, -0.1) is 0 Å². The van der Waals surface area contributed by atoms with Gasteiger partial charge in [0, 0.05) is 0 Å². The van der Waals surface area contributed by atoms with Crippen molar-refractivity contribution in [3.8, 4) is 11.8 Å². The molecule has 0 aromatic heterocycles. The molecule has 0 bridgehead atoms. The minimum absolute atomic E-state index is 0.0504. The van der Waals surface area contributed by atoms with E-state index in [2.05, 4.69) is 23.5 Å². The molecule has 0 spiro atoms. The van der Waals surface area contributed by atoms with Crippen LogP contribution in [0, 0.1) is 11.3 Å². The third-order valence-corrected chi connectivity index (χ3v) is 4.35. The Morgan fingerprint density at radius 3 is 2.75 bits per heavy atom. The molecule has 122 valence electrons. The number of nitriles is 1. The van der Waals surface area contributed by atoms with Gasteiger partial charge in [-0.05, 0) is 61.6 Å². The molecule has 0 aliphatic heterocycles. The number of nitrogens with zero attached hydrogens (tertiary/aromatic N) is 1. The van der Waals surface area contributed by atoms with Crippen LogP contribution >= 0.6 is 0 Å². The highest BCUT2D eigenvalue weighted by atomic mass is 16.5. The molecular formula is C20H20N2O2. The number of carbonyl (C=O) groups excluding carboxylic acids is 1. The summed E-state index contributed by atoms with van der Waals surface area (Å²) >= 11 is 0. The van der Waals surface area contributed by atoms with Gasteiger partial charge in [-0.25, -0.2) is 0 Å². The lowest BCUT2D eigenvalue weighted by molar-refractivity contribution is -0.128. The predicted octanol–water partition coefficient (Wildman–Crippen LogP) is 3.52. The van der Waals surface area contributed by atoms with E-state index in [-0.39, 0.29) is 11.9 Å². The van der Waals surface area contributed by atoms with Crippen LogP contribution in [-0.4, -0.2) is 12.0 Å². The molecule has 2 aromatic carbocycles. The molecule has 4 nitrogen and oxygen atoms in total. The summed E-state index contributed by atoms with van der Waals surface area (Å²) in [6, 6.07) is 17.2. The summed E-state index contributed by atoms with van der Waals surface area (Å²) in [5.74, 6) is 0.460. The summed E-state index contributed by atoms with van der Waals surface area (Å²) in [6.07, 6.45) is 2.51. The first kappa shape index (κ1) is 16.1. The third-order valence-electron chi connectivity index (χ3n) is 4.35. The lowest BCUT2D eigenvalue weighted by Crippen LogP contribution is -2.39. The van der Waals surface area contributed by atoms with E-state index in [9.17, 15) is 4.79 Å². The average molecular weight is 320 g/mol. The number of benzene rings is 2. The van der Waals surface area contributed by atoms with Gasteiger partial charge >= 0.3 is 0 Å². The van der Waals surface area contributed by atoms with Gasteiger partial charge in [-0.3, -0.25) is 4.79 Å². The average Bonchev–Trinajstić information content (AvgIpc) is 2.62. The van der Waals surface area contributed by atoms with Crippen LogP contribution in [0.2, 0.25) is 0 Å². The van der Waals surface area contributed by atoms with Gasteiger partial charge in [-0.1, -0.05) is 24.3 Å². The Morgan fingerprint density at radius 2 is 2.00 bits per heavy atom. The van der Waals surface area contributed by atoms with Crippen LogP contribution in [0.5, 0.6) is 5.75 Å². The number of carbonyl (C=O) groups is 1. The van der Waals surface area contributed by atoms with E-state index in [1.807, 2.05) is 12.1 Å². The number of ether oxygens (including phenoxy) is 1. The molecule has 0 heterocycles. The smallest absolute Gasteiger partial charge is 0.261 e. The molecule has 3 rings (SSSR count). The molecule has 24 heavy (non-hydrogen) atoms. The summed E-state index contributed by atoms with van der Waals surface area (Å²) in [5.41, 5.74) is 3.09. The molecule has 2 unspecified atom stereocenters. The topological polar surface area (TPSA) is 62.1 Å². The van der Waals surface area contributed by atoms with Crippen molar-refractivity contribution in [3.05, 3.63) is 65.2 Å². The van der Waals surface area contributed by atoms with Gasteiger partial charge in [0.25, 0.3) is 5.91 Å². The van der Waals surface area contributed by atoms with Crippen LogP contribution in [0.15, 0.2) is 48.5 Å². The van der Waals surface area contributed by atoms with E-state index in [1.165, 1.54) is 11.1 Å². The van der Waals surface area contributed by atoms with E-state index in [0.717, 1.165) is 19.3 Å². The molecule has 1 aliphatic rings. The third kappa shape index (κ3) is 3.57. The summed E-state index contributed by atoms with van der Waals surface area (Å²) in [7, 11) is 0. The SMILES string of the molecule is CC(Oc1ccc(C#N)cc1)C(=O)NC1CCCc2ccccc21. The number of nitrogens with one attached hydrogen (secondary N) is 1. The highest BCUT2D eigenvalue weighted by Gasteiger charge is 2.24. The molecule has 0 radical (unpaired) electrons. The van der Waals surface area contributed by atoms with Crippen LogP contribution in [-0.2, 0) is 11.2 Å². The molecule has 0 saturated heterocycles. The Balaban J connectivity index is 1.63. The van der Waals surface area contributed by atoms with E-state index >= 15 is 0 Å². The fourth-order valence-electron chi connectivity index (χ4n) is 3.06. The van der Waals surface area contributed by atoms with Crippen LogP contribution in [0.4, 0.5) is 0 Å². The fraction of sp³-hybridized carbons (Fsp3) is 0.300. The molecule has 0 fully saturated rings. The van der Waals surface area contributed by atoms with Crippen molar-refractivity contribution >= 4 is 5.91 Å². The molecule has 1 N–H and O–H groups in total. The number of hydrogen-bond donors (Lipinski definition) is 1. The van der Waals surface area contributed by atoms with Crippen molar-refractivity contribution in [3.63, 3.8) is 0 Å². The molecule has 4 heteroatoms. The minimum Gasteiger partial charge on any atom is -0.481 e. The number of rotatable bonds is 4. The summed E-state index contributed by atoms with van der Waals surface area (Å²) in [4.78, 5) is 12.5. The second kappa shape index (κ2) is 7.18. The molecule has 1 amide bonds. The van der Waals surface area contributed by atoms with Gasteiger partial charge in [0.15, 0.2) is 6.10 Å². The Labute approximate surface area is 142 Å². The van der Waals surface area contributed by atoms with Crippen molar-refractivity contribution in [2.45, 2.75) is 38.3 Å². The van der Waals surface area contributed by atoms with Crippen molar-refractivity contribution in [2.24, 2.45) is 0 Å². The molecular weight excluding hydrogens is 300 g/mol. The monoisotopic (exact) mass is 320 g/mol. The highest BCUT2D eigenvalue weighted by Crippen LogP contribution is 2.29. The second-order valence-electron chi connectivity index (χ2n) is 6.05. The van der Waals surface area contributed by atoms with Crippen molar-refractivity contribution in [1.29, 1.82) is 5.26 Å². The number of aryl methyl sites for hydroxylation is 1. The fourth-order valence-corrected chi connectivity index (χ4v) is 3.06. The van der Waals surface area contributed by atoms with Crippen LogP contribution in [0.3, 0.4) is 0 Å². The quantitative estimate of drug-likeness (QED) is 0.937. The molecule has 2 atom stereocenters. The van der Waals surface area contributed by atoms with E-state index in [1.54, 1.807) is 31.2 Å². The normalized spacial score (nSPS) is 17.2. The second-order valence-corrected chi connectivity index (χ2v) is 6.05. The Morgan fingerprint density at radius 1 is 1.25 bits per heavy atom. The Hall–Kier alpha value is -2.80. The van der Waals surface area contributed by atoms with E-state index < -0.39 is 6.10 Å². The Bertz CT molecular complexity index is 762. The van der Waals surface area contributed by atoms with E-state index in [4.69, 9.17) is 10.00 Å². The first-order valence-electron chi connectivity index (χ1n) is 8.22. The molecule has 2 aromatic rings. The first-order valence-corrected chi connectivity index (χ1v) is 8.22. The standard InChI is InChI=1S/C20H20N2O2/c1-14(24-17-11-9-15(13-21)10-12-17)20(23)22-19-8-4-6-16-5-2-3-7-18(16)19/h2-3,5,7,9-12,14,19H,4,6,8H2,1H3,(H,22,23). The zero-order valence-corrected chi connectivity index (χ0v) is 13.7. The van der Waals surface area contributed by atoms with Gasteiger partial charge in [0.2, 0.25) is 0 Å². The van der Waals surface area contributed by atoms with E-state index in [0.29, 0.717) is 11.3 Å². The van der Waals surface area contributed by atoms with Crippen LogP contribution in [0.1, 0.15) is 42.5 Å². The maximum absolute atomic E-state index is 12.5. The highest BCUT2D eigenvalue weighted by molar-refractivity contribution is 5.81. The molecule has 1 aliphatic carbocycles. The van der Waals surface area contributed by atoms with Gasteiger partial charge in [-0.2, -0.15) is 5.26 Å². The zero-order chi connectivity index (χ0) is 16.9. The largest absolute Gasteiger partial charge is 0.481 e. The minimum atomic E-state index is -0.591. The van der Waals surface area contributed by atoms with Crippen LogP contribution < -0.4 is 10.1 Å². The lowest BCUT2D eigenvalue weighted by atomic mass is 9.87. The maximum atomic E-state index is 12.5. The zero-order valence-electron chi connectivity index (χ0n) is 13.7. The number of fused-ring (bicyclic) bond motifs is 1. The van der Waals surface area contributed by atoms with Gasteiger partial charge in [0.1, 0.15) is 5.75 Å². The van der Waals surface area contributed by atoms with Crippen molar-refractivity contribution in [1.82, 2.24) is 5.32 Å². The summed E-state index contributed by atoms with van der Waals surface area (Å²) < 4.78 is 5.68. The van der Waals surface area contributed by atoms with Crippen LogP contribution in [0.25, 0.3) is 0 Å². The maximum Gasteiger partial charge on any atom is 0.261 e.